The molecule has 1 aromatic heterocycles. The number of H-pyrrole nitrogens is 1. The van der Waals surface area contributed by atoms with Crippen molar-refractivity contribution in [1.82, 2.24) is 9.97 Å². The lowest BCUT2D eigenvalue weighted by molar-refractivity contribution is -0.385. The van der Waals surface area contributed by atoms with Crippen molar-refractivity contribution in [3.8, 4) is 22.9 Å². The summed E-state index contributed by atoms with van der Waals surface area (Å²) in [5, 5.41) is 23.8. The number of carbonyl (C=O) groups excluding carboxylic acids is 2. The molecule has 0 saturated carbocycles. The average molecular weight is 602 g/mol. The molecule has 1 N–H and O–H groups in total. The minimum Gasteiger partial charge on any atom is -0.490 e. The van der Waals surface area contributed by atoms with Gasteiger partial charge in [-0.3, -0.25) is 29.8 Å². The van der Waals surface area contributed by atoms with Gasteiger partial charge in [-0.1, -0.05) is 11.6 Å². The molecule has 0 unspecified atom stereocenters. The summed E-state index contributed by atoms with van der Waals surface area (Å²) in [6, 6.07) is 18.5. The van der Waals surface area contributed by atoms with Gasteiger partial charge in [-0.15, -0.1) is 0 Å². The third kappa shape index (κ3) is 5.56. The number of fused-ring (bicyclic) bond motifs is 1. The highest BCUT2D eigenvalue weighted by Crippen LogP contribution is 2.33. The number of nitrogens with one attached hydrogen (secondary N) is 1. The zero-order valence-corrected chi connectivity index (χ0v) is 23.2. The quantitative estimate of drug-likeness (QED) is 0.123. The Labute approximate surface area is 247 Å². The fourth-order valence-electron chi connectivity index (χ4n) is 4.40. The molecule has 0 bridgehead atoms. The second-order valence-electron chi connectivity index (χ2n) is 9.03. The van der Waals surface area contributed by atoms with E-state index in [1.807, 2.05) is 0 Å². The molecule has 0 aliphatic rings. The molecule has 216 valence electrons. The van der Waals surface area contributed by atoms with Crippen LogP contribution in [0.1, 0.15) is 20.7 Å². The number of carbonyl (C=O) groups is 2. The molecule has 1 heterocycles. The number of anilines is 1. The monoisotopic (exact) mass is 601 g/mol. The number of methoxy groups -OCH3 is 2. The smallest absolute Gasteiger partial charge is 0.311 e. The second kappa shape index (κ2) is 11.6. The summed E-state index contributed by atoms with van der Waals surface area (Å²) in [4.78, 5) is 58.1. The Balaban J connectivity index is 1.64. The van der Waals surface area contributed by atoms with E-state index in [-0.39, 0.29) is 28.3 Å². The molecule has 4 aromatic carbocycles. The van der Waals surface area contributed by atoms with Crippen molar-refractivity contribution < 1.29 is 28.9 Å². The summed E-state index contributed by atoms with van der Waals surface area (Å²) >= 11 is 5.99. The number of ether oxygens (including phenoxy) is 2. The molecule has 0 atom stereocenters. The number of nitrogens with zero attached hydrogens (tertiary/aromatic N) is 4. The van der Waals surface area contributed by atoms with Gasteiger partial charge in [-0.25, -0.2) is 9.88 Å². The normalized spacial score (nSPS) is 10.8. The van der Waals surface area contributed by atoms with Crippen molar-refractivity contribution in [2.45, 2.75) is 0 Å². The number of nitro benzene ring substituents is 2. The van der Waals surface area contributed by atoms with Gasteiger partial charge in [-0.2, -0.15) is 0 Å². The van der Waals surface area contributed by atoms with Gasteiger partial charge in [0, 0.05) is 33.8 Å². The summed E-state index contributed by atoms with van der Waals surface area (Å²) in [5.41, 5.74) is 0.428. The minimum atomic E-state index is -0.925. The van der Waals surface area contributed by atoms with E-state index in [0.29, 0.717) is 21.9 Å². The van der Waals surface area contributed by atoms with Gasteiger partial charge in [-0.05, 0) is 66.7 Å². The number of hydrogen-bond acceptors (Lipinski definition) is 9. The lowest BCUT2D eigenvalue weighted by atomic mass is 10.1. The van der Waals surface area contributed by atoms with Crippen LogP contribution in [-0.4, -0.2) is 45.8 Å². The van der Waals surface area contributed by atoms with Crippen molar-refractivity contribution in [2.75, 3.05) is 19.1 Å². The summed E-state index contributed by atoms with van der Waals surface area (Å²) in [7, 11) is 2.49. The number of aromatic nitrogens is 2. The van der Waals surface area contributed by atoms with E-state index in [4.69, 9.17) is 21.1 Å². The van der Waals surface area contributed by atoms with Crippen molar-refractivity contribution in [2.24, 2.45) is 0 Å². The fourth-order valence-corrected chi connectivity index (χ4v) is 4.52. The highest BCUT2D eigenvalue weighted by Gasteiger charge is 2.30. The van der Waals surface area contributed by atoms with Crippen LogP contribution >= 0.6 is 11.6 Å². The topological polar surface area (TPSA) is 171 Å². The molecular formula is C29H20ClN5O8. The summed E-state index contributed by atoms with van der Waals surface area (Å²) in [6.07, 6.45) is 0. The maximum Gasteiger partial charge on any atom is 0.311 e. The van der Waals surface area contributed by atoms with Crippen LogP contribution in [0.5, 0.6) is 11.5 Å². The van der Waals surface area contributed by atoms with Crippen molar-refractivity contribution in [1.29, 1.82) is 0 Å². The summed E-state index contributed by atoms with van der Waals surface area (Å²) in [6.45, 7) is 0. The Bertz CT molecular complexity index is 1850. The Morgan fingerprint density at radius 2 is 1.33 bits per heavy atom. The molecular weight excluding hydrogens is 582 g/mol. The molecule has 43 heavy (non-hydrogen) atoms. The van der Waals surface area contributed by atoms with Gasteiger partial charge in [0.2, 0.25) is 0 Å². The number of imidazole rings is 1. The second-order valence-corrected chi connectivity index (χ2v) is 9.46. The molecule has 0 aliphatic carbocycles. The lowest BCUT2D eigenvalue weighted by Crippen LogP contribution is -2.37. The average Bonchev–Trinajstić information content (AvgIpc) is 3.44. The fraction of sp³-hybridized carbons (Fsp3) is 0.0690. The Morgan fingerprint density at radius 1 is 0.791 bits per heavy atom. The standard InChI is InChI=1S/C29H20ClN5O8/c1-42-25-11-5-17(13-23(25)34(38)39)28(36)33(29(37)18-6-12-26(43-2)24(14-18)35(40)41)20-9-10-21-22(15-20)32-27(31-21)16-3-7-19(30)8-4-16/h3-15H,1-2H3,(H,31,32). The van der Waals surface area contributed by atoms with E-state index < -0.39 is 33.0 Å². The van der Waals surface area contributed by atoms with Gasteiger partial charge in [0.1, 0.15) is 5.82 Å². The number of benzene rings is 4. The molecule has 0 fully saturated rings. The first-order chi connectivity index (χ1) is 20.6. The molecule has 5 aromatic rings. The Kier molecular flexibility index (Phi) is 7.73. The lowest BCUT2D eigenvalue weighted by Gasteiger charge is -2.21. The van der Waals surface area contributed by atoms with Crippen LogP contribution in [0.15, 0.2) is 78.9 Å². The van der Waals surface area contributed by atoms with Crippen molar-refractivity contribution >= 4 is 51.5 Å². The molecule has 2 amide bonds. The number of imide groups is 1. The predicted octanol–water partition coefficient (Wildman–Crippen LogP) is 6.20. The SMILES string of the molecule is COc1ccc(C(=O)N(C(=O)c2ccc(OC)c([N+](=O)[O-])c2)c2ccc3nc(-c4ccc(Cl)cc4)[nH]c3c2)cc1[N+](=O)[O-]. The van der Waals surface area contributed by atoms with Crippen LogP contribution in [0.2, 0.25) is 5.02 Å². The predicted molar refractivity (Wildman–Crippen MR) is 157 cm³/mol. The maximum atomic E-state index is 13.9. The van der Waals surface area contributed by atoms with E-state index in [2.05, 4.69) is 9.97 Å². The molecule has 13 nitrogen and oxygen atoms in total. The number of rotatable bonds is 8. The van der Waals surface area contributed by atoms with E-state index in [1.165, 1.54) is 50.6 Å². The largest absolute Gasteiger partial charge is 0.490 e. The third-order valence-electron chi connectivity index (χ3n) is 6.49. The summed E-state index contributed by atoms with van der Waals surface area (Å²) < 4.78 is 10.1. The van der Waals surface area contributed by atoms with Gasteiger partial charge in [0.25, 0.3) is 11.8 Å². The van der Waals surface area contributed by atoms with Crippen LogP contribution in [0.3, 0.4) is 0 Å². The zero-order valence-electron chi connectivity index (χ0n) is 22.4. The number of nitro groups is 2. The molecule has 14 heteroatoms. The minimum absolute atomic E-state index is 0.0748. The van der Waals surface area contributed by atoms with E-state index >= 15 is 0 Å². The van der Waals surface area contributed by atoms with Gasteiger partial charge < -0.3 is 14.5 Å². The Hall–Kier alpha value is -5.82. The van der Waals surface area contributed by atoms with Crippen molar-refractivity contribution in [3.63, 3.8) is 0 Å². The van der Waals surface area contributed by atoms with E-state index in [0.717, 1.165) is 22.6 Å². The molecule has 0 saturated heterocycles. The van der Waals surface area contributed by atoms with E-state index in [9.17, 15) is 29.8 Å². The van der Waals surface area contributed by atoms with E-state index in [1.54, 1.807) is 30.3 Å². The highest BCUT2D eigenvalue weighted by atomic mass is 35.5. The van der Waals surface area contributed by atoms with Gasteiger partial charge in [0.05, 0.1) is 40.8 Å². The molecule has 5 rings (SSSR count). The summed E-state index contributed by atoms with van der Waals surface area (Å²) in [5.74, 6) is -1.51. The third-order valence-corrected chi connectivity index (χ3v) is 6.74. The molecule has 0 aliphatic heterocycles. The highest BCUT2D eigenvalue weighted by molar-refractivity contribution is 6.30. The van der Waals surface area contributed by atoms with Gasteiger partial charge in [0.15, 0.2) is 11.5 Å². The first-order valence-corrected chi connectivity index (χ1v) is 12.8. The Morgan fingerprint density at radius 3 is 1.81 bits per heavy atom. The molecule has 0 spiro atoms. The number of amides is 2. The number of halogens is 1. The first kappa shape index (κ1) is 28.7. The zero-order chi connectivity index (χ0) is 30.8. The van der Waals surface area contributed by atoms with Crippen molar-refractivity contribution in [3.05, 3.63) is 115 Å². The van der Waals surface area contributed by atoms with Crippen LogP contribution in [0.4, 0.5) is 17.1 Å². The van der Waals surface area contributed by atoms with Crippen LogP contribution < -0.4 is 14.4 Å². The number of hydrogen-bond donors (Lipinski definition) is 1. The first-order valence-electron chi connectivity index (χ1n) is 12.4. The maximum absolute atomic E-state index is 13.9. The number of aromatic amines is 1. The van der Waals surface area contributed by atoms with Crippen LogP contribution in [0, 0.1) is 20.2 Å². The van der Waals surface area contributed by atoms with Crippen LogP contribution in [0.25, 0.3) is 22.4 Å². The molecule has 0 radical (unpaired) electrons. The van der Waals surface area contributed by atoms with Gasteiger partial charge >= 0.3 is 11.4 Å². The van der Waals surface area contributed by atoms with Crippen LogP contribution in [-0.2, 0) is 0 Å².